The summed E-state index contributed by atoms with van der Waals surface area (Å²) in [5.74, 6) is 0.851. The maximum Gasteiger partial charge on any atom is 0.261 e. The van der Waals surface area contributed by atoms with Crippen LogP contribution in [0.25, 0.3) is 10.9 Å². The van der Waals surface area contributed by atoms with E-state index in [1.165, 1.54) is 4.57 Å². The third-order valence-electron chi connectivity index (χ3n) is 3.96. The smallest absolute Gasteiger partial charge is 0.261 e. The molecule has 26 heavy (non-hydrogen) atoms. The summed E-state index contributed by atoms with van der Waals surface area (Å²) in [6, 6.07) is 7.09. The average Bonchev–Trinajstić information content (AvgIpc) is 2.58. The number of rotatable bonds is 3. The predicted molar refractivity (Wildman–Crippen MR) is 100 cm³/mol. The number of amides is 1. The molecule has 3 rings (SSSR count). The van der Waals surface area contributed by atoms with E-state index in [1.54, 1.807) is 37.5 Å². The van der Waals surface area contributed by atoms with Crippen molar-refractivity contribution in [2.24, 2.45) is 0 Å². The second kappa shape index (κ2) is 6.67. The highest BCUT2D eigenvalue weighted by molar-refractivity contribution is 5.90. The number of hydrogen-bond donors (Lipinski definition) is 1. The normalized spacial score (nSPS) is 11.5. The van der Waals surface area contributed by atoms with Gasteiger partial charge in [0, 0.05) is 5.41 Å². The van der Waals surface area contributed by atoms with Gasteiger partial charge in [-0.05, 0) is 19.1 Å². The summed E-state index contributed by atoms with van der Waals surface area (Å²) < 4.78 is 1.36. The zero-order chi connectivity index (χ0) is 18.9. The number of fused-ring (bicyclic) bond motifs is 1. The van der Waals surface area contributed by atoms with E-state index in [9.17, 15) is 9.59 Å². The van der Waals surface area contributed by atoms with Crippen molar-refractivity contribution < 1.29 is 4.79 Å². The number of carbonyl (C=O) groups excluding carboxylic acids is 1. The van der Waals surface area contributed by atoms with E-state index in [2.05, 4.69) is 20.3 Å². The van der Waals surface area contributed by atoms with E-state index in [4.69, 9.17) is 0 Å². The van der Waals surface area contributed by atoms with E-state index in [0.29, 0.717) is 28.2 Å². The van der Waals surface area contributed by atoms with Crippen LogP contribution in [-0.2, 0) is 16.8 Å². The number of anilines is 1. The van der Waals surface area contributed by atoms with Crippen molar-refractivity contribution in [1.29, 1.82) is 0 Å². The lowest BCUT2D eigenvalue weighted by Gasteiger charge is -2.16. The lowest BCUT2D eigenvalue weighted by molar-refractivity contribution is -0.116. The molecule has 7 nitrogen and oxygen atoms in total. The highest BCUT2D eigenvalue weighted by Crippen LogP contribution is 2.18. The molecular weight excluding hydrogens is 330 g/mol. The van der Waals surface area contributed by atoms with Gasteiger partial charge in [0.25, 0.3) is 5.56 Å². The van der Waals surface area contributed by atoms with Gasteiger partial charge in [-0.25, -0.2) is 15.0 Å². The first-order chi connectivity index (χ1) is 12.3. The van der Waals surface area contributed by atoms with Crippen LogP contribution >= 0.6 is 0 Å². The maximum atomic E-state index is 12.6. The van der Waals surface area contributed by atoms with Crippen LogP contribution in [0.1, 0.15) is 32.4 Å². The molecule has 134 valence electrons. The van der Waals surface area contributed by atoms with Gasteiger partial charge in [0.2, 0.25) is 5.91 Å². The standard InChI is InChI=1S/C19H21N5O2/c1-12-22-15-8-6-5-7-14(15)17(26)24(12)11-16(25)23-13-9-20-18(21-10-13)19(2,3)4/h5-10H,11H2,1-4H3,(H,23,25). The third-order valence-corrected chi connectivity index (χ3v) is 3.96. The number of para-hydroxylation sites is 1. The monoisotopic (exact) mass is 351 g/mol. The Morgan fingerprint density at radius 1 is 1.15 bits per heavy atom. The van der Waals surface area contributed by atoms with E-state index >= 15 is 0 Å². The minimum Gasteiger partial charge on any atom is -0.322 e. The van der Waals surface area contributed by atoms with Crippen molar-refractivity contribution in [2.75, 3.05) is 5.32 Å². The number of nitrogens with zero attached hydrogens (tertiary/aromatic N) is 4. The fraction of sp³-hybridized carbons (Fsp3) is 0.316. The molecule has 3 aromatic rings. The minimum atomic E-state index is -0.334. The summed E-state index contributed by atoms with van der Waals surface area (Å²) >= 11 is 0. The Bertz CT molecular complexity index is 1020. The van der Waals surface area contributed by atoms with E-state index < -0.39 is 0 Å². The lowest BCUT2D eigenvalue weighted by atomic mass is 9.96. The molecule has 0 aliphatic heterocycles. The first kappa shape index (κ1) is 17.7. The van der Waals surface area contributed by atoms with Gasteiger partial charge in [0.15, 0.2) is 0 Å². The summed E-state index contributed by atoms with van der Waals surface area (Å²) in [6.07, 6.45) is 3.14. The maximum absolute atomic E-state index is 12.6. The molecule has 0 saturated carbocycles. The molecule has 1 aromatic carbocycles. The van der Waals surface area contributed by atoms with Gasteiger partial charge in [-0.2, -0.15) is 0 Å². The number of nitrogens with one attached hydrogen (secondary N) is 1. The molecule has 1 N–H and O–H groups in total. The van der Waals surface area contributed by atoms with Gasteiger partial charge in [0.05, 0.1) is 29.0 Å². The van der Waals surface area contributed by atoms with Crippen LogP contribution in [0.4, 0.5) is 5.69 Å². The van der Waals surface area contributed by atoms with Gasteiger partial charge in [0.1, 0.15) is 18.2 Å². The number of benzene rings is 1. The number of aryl methyl sites for hydroxylation is 1. The van der Waals surface area contributed by atoms with Crippen LogP contribution in [0, 0.1) is 6.92 Å². The first-order valence-corrected chi connectivity index (χ1v) is 8.34. The Kier molecular flexibility index (Phi) is 4.54. The van der Waals surface area contributed by atoms with Crippen molar-refractivity contribution in [2.45, 2.75) is 39.7 Å². The SMILES string of the molecule is Cc1nc2ccccc2c(=O)n1CC(=O)Nc1cnc(C(C)(C)C)nc1. The molecule has 0 saturated heterocycles. The fourth-order valence-corrected chi connectivity index (χ4v) is 2.59. The quantitative estimate of drug-likeness (QED) is 0.783. The van der Waals surface area contributed by atoms with Crippen LogP contribution in [0.3, 0.4) is 0 Å². The van der Waals surface area contributed by atoms with Crippen molar-refractivity contribution >= 4 is 22.5 Å². The topological polar surface area (TPSA) is 89.8 Å². The van der Waals surface area contributed by atoms with Crippen LogP contribution in [0.15, 0.2) is 41.5 Å². The van der Waals surface area contributed by atoms with E-state index in [-0.39, 0.29) is 23.4 Å². The van der Waals surface area contributed by atoms with Crippen LogP contribution in [0.2, 0.25) is 0 Å². The second-order valence-corrected chi connectivity index (χ2v) is 7.16. The van der Waals surface area contributed by atoms with Gasteiger partial charge in [-0.1, -0.05) is 32.9 Å². The number of hydrogen-bond acceptors (Lipinski definition) is 5. The molecule has 0 radical (unpaired) electrons. The summed E-state index contributed by atoms with van der Waals surface area (Å²) in [7, 11) is 0. The Labute approximate surface area is 151 Å². The Hall–Kier alpha value is -3.09. The van der Waals surface area contributed by atoms with Gasteiger partial charge in [-0.3, -0.25) is 14.2 Å². The first-order valence-electron chi connectivity index (χ1n) is 8.34. The molecule has 0 fully saturated rings. The average molecular weight is 351 g/mol. The fourth-order valence-electron chi connectivity index (χ4n) is 2.59. The minimum absolute atomic E-state index is 0.122. The second-order valence-electron chi connectivity index (χ2n) is 7.16. The predicted octanol–water partition coefficient (Wildman–Crippen LogP) is 2.43. The zero-order valence-electron chi connectivity index (χ0n) is 15.3. The molecular formula is C19H21N5O2. The van der Waals surface area contributed by atoms with Gasteiger partial charge >= 0.3 is 0 Å². The lowest BCUT2D eigenvalue weighted by Crippen LogP contribution is -2.30. The van der Waals surface area contributed by atoms with E-state index in [0.717, 1.165) is 0 Å². The van der Waals surface area contributed by atoms with Crippen molar-refractivity contribution in [3.05, 3.63) is 58.7 Å². The molecule has 7 heteroatoms. The Morgan fingerprint density at radius 2 is 1.81 bits per heavy atom. The number of carbonyl (C=O) groups is 1. The molecule has 0 unspecified atom stereocenters. The molecule has 0 atom stereocenters. The number of aromatic nitrogens is 4. The van der Waals surface area contributed by atoms with Gasteiger partial charge < -0.3 is 5.32 Å². The van der Waals surface area contributed by atoms with Crippen molar-refractivity contribution in [1.82, 2.24) is 19.5 Å². The molecule has 0 spiro atoms. The third kappa shape index (κ3) is 3.61. The van der Waals surface area contributed by atoms with Crippen molar-refractivity contribution in [3.8, 4) is 0 Å². The van der Waals surface area contributed by atoms with Gasteiger partial charge in [-0.15, -0.1) is 0 Å². The summed E-state index contributed by atoms with van der Waals surface area (Å²) in [5.41, 5.74) is 0.715. The zero-order valence-corrected chi connectivity index (χ0v) is 15.3. The molecule has 1 amide bonds. The summed E-state index contributed by atoms with van der Waals surface area (Å²) in [6.45, 7) is 7.64. The molecule has 0 aliphatic rings. The molecule has 2 aromatic heterocycles. The molecule has 2 heterocycles. The molecule has 0 bridgehead atoms. The Morgan fingerprint density at radius 3 is 2.46 bits per heavy atom. The highest BCUT2D eigenvalue weighted by atomic mass is 16.2. The molecule has 0 aliphatic carbocycles. The summed E-state index contributed by atoms with van der Waals surface area (Å²) in [5, 5.41) is 3.21. The van der Waals surface area contributed by atoms with Crippen LogP contribution in [0.5, 0.6) is 0 Å². The Balaban J connectivity index is 1.80. The summed E-state index contributed by atoms with van der Waals surface area (Å²) in [4.78, 5) is 37.9. The van der Waals surface area contributed by atoms with E-state index in [1.807, 2.05) is 26.8 Å². The largest absolute Gasteiger partial charge is 0.322 e. The van der Waals surface area contributed by atoms with Crippen molar-refractivity contribution in [3.63, 3.8) is 0 Å². The van der Waals surface area contributed by atoms with Crippen LogP contribution in [-0.4, -0.2) is 25.4 Å². The van der Waals surface area contributed by atoms with Crippen LogP contribution < -0.4 is 10.9 Å². The highest BCUT2D eigenvalue weighted by Gasteiger charge is 2.17.